The van der Waals surface area contributed by atoms with E-state index < -0.39 is 0 Å². The number of hydrogen-bond acceptors (Lipinski definition) is 4. The largest absolute Gasteiger partial charge is 0.331 e. The van der Waals surface area contributed by atoms with E-state index in [4.69, 9.17) is 4.98 Å². The minimum atomic E-state index is -0.219. The zero-order valence-electron chi connectivity index (χ0n) is 18.1. The Labute approximate surface area is 168 Å². The minimum absolute atomic E-state index is 0.0366. The molecule has 0 radical (unpaired) electrons. The van der Waals surface area contributed by atoms with Gasteiger partial charge in [-0.3, -0.25) is 14.2 Å². The summed E-state index contributed by atoms with van der Waals surface area (Å²) in [5, 5.41) is 0.622. The van der Waals surface area contributed by atoms with Crippen molar-refractivity contribution >= 4 is 16.8 Å². The predicted molar refractivity (Wildman–Crippen MR) is 114 cm³/mol. The normalized spacial score (nSPS) is 12.7. The topological polar surface area (TPSA) is 58.4 Å². The van der Waals surface area contributed by atoms with Crippen LogP contribution in [0.3, 0.4) is 0 Å². The summed E-state index contributed by atoms with van der Waals surface area (Å²) in [5.41, 5.74) is 0.653. The molecule has 0 aliphatic heterocycles. The fourth-order valence-corrected chi connectivity index (χ4v) is 3.52. The van der Waals surface area contributed by atoms with Crippen LogP contribution in [0.15, 0.2) is 29.1 Å². The average Bonchev–Trinajstić information content (AvgIpc) is 2.64. The van der Waals surface area contributed by atoms with Gasteiger partial charge in [-0.05, 0) is 45.5 Å². The van der Waals surface area contributed by atoms with Crippen molar-refractivity contribution in [2.45, 2.75) is 53.1 Å². The van der Waals surface area contributed by atoms with Crippen molar-refractivity contribution in [2.75, 3.05) is 27.2 Å². The molecule has 1 atom stereocenters. The van der Waals surface area contributed by atoms with Crippen LogP contribution < -0.4 is 5.56 Å². The van der Waals surface area contributed by atoms with E-state index in [1.165, 1.54) is 0 Å². The third-order valence-corrected chi connectivity index (χ3v) is 4.96. The molecule has 2 aromatic rings. The maximum atomic E-state index is 13.1. The Kier molecular flexibility index (Phi) is 7.75. The molecule has 1 heterocycles. The molecule has 0 fully saturated rings. The molecule has 6 heteroatoms. The fraction of sp³-hybridized carbons (Fsp3) is 0.591. The van der Waals surface area contributed by atoms with Gasteiger partial charge in [0.05, 0.1) is 16.9 Å². The third-order valence-electron chi connectivity index (χ3n) is 4.96. The smallest absolute Gasteiger partial charge is 0.261 e. The van der Waals surface area contributed by atoms with E-state index in [1.54, 1.807) is 4.57 Å². The monoisotopic (exact) mass is 386 g/mol. The molecular weight excluding hydrogens is 352 g/mol. The summed E-state index contributed by atoms with van der Waals surface area (Å²) in [6.07, 6.45) is 1.20. The molecule has 1 aromatic carbocycles. The van der Waals surface area contributed by atoms with Crippen molar-refractivity contribution < 1.29 is 4.79 Å². The van der Waals surface area contributed by atoms with Crippen LogP contribution in [0.2, 0.25) is 0 Å². The Morgan fingerprint density at radius 2 is 1.82 bits per heavy atom. The van der Waals surface area contributed by atoms with Gasteiger partial charge in [-0.2, -0.15) is 0 Å². The van der Waals surface area contributed by atoms with Gasteiger partial charge in [0.1, 0.15) is 5.82 Å². The fourth-order valence-electron chi connectivity index (χ4n) is 3.52. The molecule has 1 aromatic heterocycles. The molecule has 2 rings (SSSR count). The van der Waals surface area contributed by atoms with Gasteiger partial charge in [-0.25, -0.2) is 4.98 Å². The van der Waals surface area contributed by atoms with E-state index in [9.17, 15) is 9.59 Å². The van der Waals surface area contributed by atoms with Gasteiger partial charge in [-0.15, -0.1) is 0 Å². The maximum absolute atomic E-state index is 13.1. The highest BCUT2D eigenvalue weighted by Gasteiger charge is 2.28. The SMILES string of the molecule is CCC(c1nc2ccccc2c(=O)n1CC)N(CCN(C)C)C(=O)CC(C)C. The summed E-state index contributed by atoms with van der Waals surface area (Å²) in [6, 6.07) is 7.22. The second kappa shape index (κ2) is 9.82. The number of fused-ring (bicyclic) bond motifs is 1. The summed E-state index contributed by atoms with van der Waals surface area (Å²) in [5.74, 6) is 1.09. The number of carbonyl (C=O) groups excluding carboxylic acids is 1. The van der Waals surface area contributed by atoms with E-state index >= 15 is 0 Å². The summed E-state index contributed by atoms with van der Waals surface area (Å²) in [4.78, 5) is 35.0. The maximum Gasteiger partial charge on any atom is 0.261 e. The van der Waals surface area contributed by atoms with Crippen molar-refractivity contribution in [3.05, 3.63) is 40.4 Å². The van der Waals surface area contributed by atoms with Crippen molar-refractivity contribution in [3.63, 3.8) is 0 Å². The van der Waals surface area contributed by atoms with E-state index in [0.717, 1.165) is 6.54 Å². The number of benzene rings is 1. The van der Waals surface area contributed by atoms with Gasteiger partial charge in [0, 0.05) is 26.1 Å². The molecular formula is C22H34N4O2. The molecule has 0 saturated heterocycles. The van der Waals surface area contributed by atoms with Crippen LogP contribution in [0.25, 0.3) is 10.9 Å². The van der Waals surface area contributed by atoms with Crippen LogP contribution in [0.5, 0.6) is 0 Å². The number of para-hydroxylation sites is 1. The first kappa shape index (κ1) is 22.1. The zero-order valence-corrected chi connectivity index (χ0v) is 18.1. The number of carbonyl (C=O) groups is 1. The zero-order chi connectivity index (χ0) is 20.8. The second-order valence-electron chi connectivity index (χ2n) is 7.95. The highest BCUT2D eigenvalue weighted by molar-refractivity contribution is 5.78. The molecule has 0 aliphatic carbocycles. The molecule has 28 heavy (non-hydrogen) atoms. The van der Waals surface area contributed by atoms with Gasteiger partial charge in [0.2, 0.25) is 5.91 Å². The Hall–Kier alpha value is -2.21. The third kappa shape index (κ3) is 4.98. The first-order valence-corrected chi connectivity index (χ1v) is 10.2. The van der Waals surface area contributed by atoms with Crippen LogP contribution in [0.4, 0.5) is 0 Å². The number of aromatic nitrogens is 2. The van der Waals surface area contributed by atoms with Crippen molar-refractivity contribution in [1.82, 2.24) is 19.4 Å². The van der Waals surface area contributed by atoms with Gasteiger partial charge in [0.15, 0.2) is 0 Å². The molecule has 0 spiro atoms. The molecule has 1 unspecified atom stereocenters. The first-order chi connectivity index (χ1) is 13.3. The van der Waals surface area contributed by atoms with Crippen LogP contribution >= 0.6 is 0 Å². The molecule has 0 saturated carbocycles. The number of rotatable bonds is 9. The van der Waals surface area contributed by atoms with Gasteiger partial charge in [0.25, 0.3) is 5.56 Å². The van der Waals surface area contributed by atoms with Gasteiger partial charge < -0.3 is 9.80 Å². The second-order valence-corrected chi connectivity index (χ2v) is 7.95. The Bertz CT molecular complexity index is 857. The van der Waals surface area contributed by atoms with Crippen molar-refractivity contribution in [3.8, 4) is 0 Å². The predicted octanol–water partition coefficient (Wildman–Crippen LogP) is 3.30. The van der Waals surface area contributed by atoms with Crippen LogP contribution in [0, 0.1) is 5.92 Å². The lowest BCUT2D eigenvalue weighted by molar-refractivity contribution is -0.135. The highest BCUT2D eigenvalue weighted by atomic mass is 16.2. The molecule has 0 bridgehead atoms. The van der Waals surface area contributed by atoms with E-state index in [-0.39, 0.29) is 23.4 Å². The molecule has 6 nitrogen and oxygen atoms in total. The average molecular weight is 387 g/mol. The number of nitrogens with zero attached hydrogens (tertiary/aromatic N) is 4. The number of likely N-dealkylation sites (N-methyl/N-ethyl adjacent to an activating group) is 1. The lowest BCUT2D eigenvalue weighted by Crippen LogP contribution is -2.42. The summed E-state index contributed by atoms with van der Waals surface area (Å²) < 4.78 is 1.72. The van der Waals surface area contributed by atoms with Crippen LogP contribution in [0.1, 0.15) is 52.4 Å². The van der Waals surface area contributed by atoms with Gasteiger partial charge in [-0.1, -0.05) is 32.9 Å². The summed E-state index contributed by atoms with van der Waals surface area (Å²) >= 11 is 0. The molecule has 1 amide bonds. The Morgan fingerprint density at radius 3 is 2.39 bits per heavy atom. The number of hydrogen-bond donors (Lipinski definition) is 0. The Morgan fingerprint density at radius 1 is 1.14 bits per heavy atom. The Balaban J connectivity index is 2.57. The first-order valence-electron chi connectivity index (χ1n) is 10.2. The standard InChI is InChI=1S/C22H34N4O2/c1-7-19(26(14-13-24(5)6)20(27)15-16(3)4)21-23-18-12-10-9-11-17(18)22(28)25(21)8-2/h9-12,16,19H,7-8,13-15H2,1-6H3. The van der Waals surface area contributed by atoms with Gasteiger partial charge >= 0.3 is 0 Å². The lowest BCUT2D eigenvalue weighted by Gasteiger charge is -2.33. The van der Waals surface area contributed by atoms with Crippen molar-refractivity contribution in [2.24, 2.45) is 5.92 Å². The van der Waals surface area contributed by atoms with E-state index in [0.29, 0.717) is 42.7 Å². The minimum Gasteiger partial charge on any atom is -0.331 e. The molecule has 0 N–H and O–H groups in total. The molecule has 154 valence electrons. The van der Waals surface area contributed by atoms with Crippen molar-refractivity contribution in [1.29, 1.82) is 0 Å². The molecule has 0 aliphatic rings. The van der Waals surface area contributed by atoms with E-state index in [2.05, 4.69) is 25.7 Å². The summed E-state index contributed by atoms with van der Waals surface area (Å²) in [6.45, 7) is 10.0. The quantitative estimate of drug-likeness (QED) is 0.663. The van der Waals surface area contributed by atoms with Crippen LogP contribution in [-0.4, -0.2) is 52.4 Å². The highest BCUT2D eigenvalue weighted by Crippen LogP contribution is 2.25. The van der Waals surface area contributed by atoms with E-state index in [1.807, 2.05) is 50.2 Å². The summed E-state index contributed by atoms with van der Waals surface area (Å²) in [7, 11) is 4.00. The number of amides is 1. The lowest BCUT2D eigenvalue weighted by atomic mass is 10.1. The van der Waals surface area contributed by atoms with Crippen LogP contribution in [-0.2, 0) is 11.3 Å².